The van der Waals surface area contributed by atoms with Crippen molar-refractivity contribution >= 4 is 17.9 Å². The summed E-state index contributed by atoms with van der Waals surface area (Å²) in [7, 11) is 0. The Balaban J connectivity index is 1.39. The molecule has 1 unspecified atom stereocenters. The van der Waals surface area contributed by atoms with Gasteiger partial charge in [0, 0.05) is 41.5 Å². The smallest absolute Gasteiger partial charge is 0.407 e. The lowest BCUT2D eigenvalue weighted by Gasteiger charge is -2.19. The number of amides is 3. The fourth-order valence-electron chi connectivity index (χ4n) is 5.52. The van der Waals surface area contributed by atoms with E-state index in [4.69, 9.17) is 9.47 Å². The van der Waals surface area contributed by atoms with Gasteiger partial charge in [-0.1, -0.05) is 73.7 Å². The third-order valence-electron chi connectivity index (χ3n) is 8.09. The summed E-state index contributed by atoms with van der Waals surface area (Å²) < 4.78 is 25.9. The normalized spacial score (nSPS) is 11.7. The Morgan fingerprint density at radius 3 is 2.35 bits per heavy atom. The van der Waals surface area contributed by atoms with Crippen LogP contribution in [0, 0.1) is 5.82 Å². The molecule has 3 amide bonds. The molecule has 0 saturated heterocycles. The van der Waals surface area contributed by atoms with E-state index in [9.17, 15) is 18.8 Å². The maximum Gasteiger partial charge on any atom is 0.407 e. The van der Waals surface area contributed by atoms with Gasteiger partial charge in [-0.3, -0.25) is 14.9 Å². The van der Waals surface area contributed by atoms with Crippen molar-refractivity contribution < 1.29 is 28.2 Å². The van der Waals surface area contributed by atoms with Gasteiger partial charge in [0.25, 0.3) is 5.91 Å². The van der Waals surface area contributed by atoms with Crippen molar-refractivity contribution in [1.82, 2.24) is 20.9 Å². The van der Waals surface area contributed by atoms with Gasteiger partial charge in [-0.15, -0.1) is 0 Å². The van der Waals surface area contributed by atoms with E-state index >= 15 is 0 Å². The first-order chi connectivity index (χ1) is 25.0. The summed E-state index contributed by atoms with van der Waals surface area (Å²) in [5, 5.41) is 8.39. The molecular weight excluding hydrogens is 659 g/mol. The SMILES string of the molecule is CCC(NCc1ccccc1F)C(=O)NC(=O)c1ccc(-c2ccccc2)cc1-c1cccnc1Oc1cccc(CCNC(=O)OC(C)(C)C)c1. The summed E-state index contributed by atoms with van der Waals surface area (Å²) in [6.45, 7) is 7.74. The van der Waals surface area contributed by atoms with Crippen molar-refractivity contribution in [3.8, 4) is 33.9 Å². The molecular formula is C42H43FN4O5. The zero-order valence-electron chi connectivity index (χ0n) is 29.7. The molecule has 0 aliphatic heterocycles. The molecule has 0 saturated carbocycles. The summed E-state index contributed by atoms with van der Waals surface area (Å²) in [6.07, 6.45) is 2.03. The molecule has 5 rings (SSSR count). The summed E-state index contributed by atoms with van der Waals surface area (Å²) in [5.41, 5.74) is 3.85. The quantitative estimate of drug-likeness (QED) is 0.113. The van der Waals surface area contributed by atoms with Crippen LogP contribution in [0.2, 0.25) is 0 Å². The summed E-state index contributed by atoms with van der Waals surface area (Å²) in [4.78, 5) is 43.8. The van der Waals surface area contributed by atoms with Crippen LogP contribution < -0.4 is 20.7 Å². The number of hydrogen-bond donors (Lipinski definition) is 3. The molecule has 1 aromatic heterocycles. The van der Waals surface area contributed by atoms with Crippen LogP contribution >= 0.6 is 0 Å². The fourth-order valence-corrected chi connectivity index (χ4v) is 5.52. The average molecular weight is 703 g/mol. The van der Waals surface area contributed by atoms with Crippen LogP contribution in [0.5, 0.6) is 11.6 Å². The lowest BCUT2D eigenvalue weighted by Crippen LogP contribution is -2.45. The predicted octanol–water partition coefficient (Wildman–Crippen LogP) is 8.24. The zero-order chi connectivity index (χ0) is 37.1. The van der Waals surface area contributed by atoms with E-state index in [-0.39, 0.29) is 23.8 Å². The van der Waals surface area contributed by atoms with Crippen molar-refractivity contribution in [3.05, 3.63) is 138 Å². The largest absolute Gasteiger partial charge is 0.444 e. The Kier molecular flexibility index (Phi) is 12.5. The second kappa shape index (κ2) is 17.4. The van der Waals surface area contributed by atoms with Gasteiger partial charge >= 0.3 is 6.09 Å². The maximum atomic E-state index is 14.2. The van der Waals surface area contributed by atoms with E-state index in [0.29, 0.717) is 41.8 Å². The van der Waals surface area contributed by atoms with E-state index in [1.54, 1.807) is 42.6 Å². The van der Waals surface area contributed by atoms with Crippen LogP contribution in [0.25, 0.3) is 22.3 Å². The standard InChI is InChI=1S/C42H43FN4O5/c1-5-37(46-27-31-16-9-10-19-36(31)43)39(49)47-38(48)33-21-20-30(29-14-7-6-8-15-29)26-35(33)34-18-12-23-44-40(34)51-32-17-11-13-28(25-32)22-24-45-41(50)52-42(2,3)4/h6-21,23,25-26,37,46H,5,22,24,27H2,1-4H3,(H,45,50)(H,47,48,49). The molecule has 3 N–H and O–H groups in total. The zero-order valence-corrected chi connectivity index (χ0v) is 29.7. The summed E-state index contributed by atoms with van der Waals surface area (Å²) in [5.74, 6) is -0.722. The van der Waals surface area contributed by atoms with Crippen LogP contribution in [-0.4, -0.2) is 41.1 Å². The second-order valence-electron chi connectivity index (χ2n) is 13.2. The highest BCUT2D eigenvalue weighted by atomic mass is 19.1. The minimum atomic E-state index is -0.737. The minimum absolute atomic E-state index is 0.127. The van der Waals surface area contributed by atoms with Crippen LogP contribution in [0.15, 0.2) is 115 Å². The van der Waals surface area contributed by atoms with E-state index in [0.717, 1.165) is 16.7 Å². The van der Waals surface area contributed by atoms with Crippen molar-refractivity contribution in [2.24, 2.45) is 0 Å². The maximum absolute atomic E-state index is 14.2. The molecule has 0 aliphatic carbocycles. The van der Waals surface area contributed by atoms with E-state index in [1.807, 2.05) is 94.4 Å². The topological polar surface area (TPSA) is 119 Å². The van der Waals surface area contributed by atoms with Crippen molar-refractivity contribution in [1.29, 1.82) is 0 Å². The van der Waals surface area contributed by atoms with E-state index < -0.39 is 29.6 Å². The fraction of sp³-hybridized carbons (Fsp3) is 0.238. The first-order valence-electron chi connectivity index (χ1n) is 17.2. The number of nitrogens with one attached hydrogen (secondary N) is 3. The van der Waals surface area contributed by atoms with Gasteiger partial charge in [0.2, 0.25) is 11.8 Å². The molecule has 5 aromatic rings. The number of carbonyl (C=O) groups is 3. The molecule has 0 spiro atoms. The molecule has 0 radical (unpaired) electrons. The molecule has 9 nitrogen and oxygen atoms in total. The number of hydrogen-bond acceptors (Lipinski definition) is 7. The lowest BCUT2D eigenvalue weighted by atomic mass is 9.94. The van der Waals surface area contributed by atoms with E-state index in [1.165, 1.54) is 6.07 Å². The van der Waals surface area contributed by atoms with Crippen LogP contribution in [0.4, 0.5) is 9.18 Å². The molecule has 0 bridgehead atoms. The third-order valence-corrected chi connectivity index (χ3v) is 8.09. The molecule has 268 valence electrons. The average Bonchev–Trinajstić information content (AvgIpc) is 3.12. The number of imide groups is 1. The molecule has 10 heteroatoms. The number of nitrogens with zero attached hydrogens (tertiary/aromatic N) is 1. The monoisotopic (exact) mass is 702 g/mol. The number of benzene rings is 4. The predicted molar refractivity (Wildman–Crippen MR) is 199 cm³/mol. The minimum Gasteiger partial charge on any atom is -0.444 e. The number of rotatable bonds is 13. The molecule has 52 heavy (non-hydrogen) atoms. The number of carbonyl (C=O) groups excluding carboxylic acids is 3. The van der Waals surface area contributed by atoms with Crippen molar-refractivity contribution in [2.45, 2.75) is 58.7 Å². The van der Waals surface area contributed by atoms with Crippen molar-refractivity contribution in [3.63, 3.8) is 0 Å². The lowest BCUT2D eigenvalue weighted by molar-refractivity contribution is -0.122. The van der Waals surface area contributed by atoms with E-state index in [2.05, 4.69) is 20.9 Å². The number of alkyl carbamates (subject to hydrolysis) is 1. The van der Waals surface area contributed by atoms with Gasteiger partial charge in [0.1, 0.15) is 17.2 Å². The second-order valence-corrected chi connectivity index (χ2v) is 13.2. The Labute approximate surface area is 303 Å². The van der Waals surface area contributed by atoms with Gasteiger partial charge in [-0.05, 0) is 92.8 Å². The Hall–Kier alpha value is -5.87. The van der Waals surface area contributed by atoms with Gasteiger partial charge in [-0.2, -0.15) is 0 Å². The number of aromatic nitrogens is 1. The van der Waals surface area contributed by atoms with Crippen molar-refractivity contribution in [2.75, 3.05) is 6.54 Å². The molecule has 0 fully saturated rings. The Morgan fingerprint density at radius 2 is 1.60 bits per heavy atom. The Morgan fingerprint density at radius 1 is 0.827 bits per heavy atom. The van der Waals surface area contributed by atoms with Gasteiger partial charge < -0.3 is 20.1 Å². The van der Waals surface area contributed by atoms with Gasteiger partial charge in [-0.25, -0.2) is 14.2 Å². The first kappa shape index (κ1) is 37.4. The molecule has 0 aliphatic rings. The number of halogens is 1. The molecule has 1 atom stereocenters. The first-order valence-corrected chi connectivity index (χ1v) is 17.2. The van der Waals surface area contributed by atoms with Gasteiger partial charge in [0.15, 0.2) is 0 Å². The highest BCUT2D eigenvalue weighted by molar-refractivity contribution is 6.10. The highest BCUT2D eigenvalue weighted by Crippen LogP contribution is 2.36. The number of pyridine rings is 1. The van der Waals surface area contributed by atoms with Crippen LogP contribution in [-0.2, 0) is 22.5 Å². The summed E-state index contributed by atoms with van der Waals surface area (Å²) in [6, 6.07) is 31.7. The highest BCUT2D eigenvalue weighted by Gasteiger charge is 2.24. The molecule has 1 heterocycles. The molecule has 4 aromatic carbocycles. The van der Waals surface area contributed by atoms with Crippen LogP contribution in [0.3, 0.4) is 0 Å². The summed E-state index contributed by atoms with van der Waals surface area (Å²) >= 11 is 0. The van der Waals surface area contributed by atoms with Gasteiger partial charge in [0.05, 0.1) is 6.04 Å². The number of ether oxygens (including phenoxy) is 2. The van der Waals surface area contributed by atoms with Crippen LogP contribution in [0.1, 0.15) is 55.6 Å². The Bertz CT molecular complexity index is 2010. The third kappa shape index (κ3) is 10.3.